The molecule has 1 saturated heterocycles. The molecule has 1 fully saturated rings. The molecule has 7 heteroatoms. The Bertz CT molecular complexity index is 657. The van der Waals surface area contributed by atoms with Gasteiger partial charge in [-0.05, 0) is 31.5 Å². The third-order valence-electron chi connectivity index (χ3n) is 4.01. The highest BCUT2D eigenvalue weighted by Gasteiger charge is 2.21. The van der Waals surface area contributed by atoms with Gasteiger partial charge in [-0.3, -0.25) is 4.79 Å². The summed E-state index contributed by atoms with van der Waals surface area (Å²) < 4.78 is 1.72. The lowest BCUT2D eigenvalue weighted by atomic mass is 10.2. The van der Waals surface area contributed by atoms with Gasteiger partial charge in [0.15, 0.2) is 11.6 Å². The summed E-state index contributed by atoms with van der Waals surface area (Å²) in [7, 11) is 0. The summed E-state index contributed by atoms with van der Waals surface area (Å²) in [6.45, 7) is 7.07. The summed E-state index contributed by atoms with van der Waals surface area (Å²) in [5.41, 5.74) is 0.948. The van der Waals surface area contributed by atoms with Crippen LogP contribution in [0.15, 0.2) is 24.4 Å². The summed E-state index contributed by atoms with van der Waals surface area (Å²) in [5, 5.41) is 12.9. The lowest BCUT2D eigenvalue weighted by Gasteiger charge is -2.35. The summed E-state index contributed by atoms with van der Waals surface area (Å²) in [5.74, 6) is 1.81. The molecule has 3 heterocycles. The van der Waals surface area contributed by atoms with Crippen LogP contribution in [0.25, 0.3) is 5.82 Å². The van der Waals surface area contributed by atoms with Crippen LogP contribution in [-0.4, -0.2) is 57.0 Å². The lowest BCUT2D eigenvalue weighted by molar-refractivity contribution is -0.131. The third-order valence-corrected chi connectivity index (χ3v) is 4.01. The van der Waals surface area contributed by atoms with Crippen molar-refractivity contribution in [2.24, 2.45) is 0 Å². The van der Waals surface area contributed by atoms with Crippen LogP contribution in [0, 0.1) is 6.92 Å². The van der Waals surface area contributed by atoms with Crippen LogP contribution in [0.5, 0.6) is 0 Å². The minimum Gasteiger partial charge on any atom is -0.352 e. The van der Waals surface area contributed by atoms with Crippen LogP contribution in [-0.2, 0) is 4.79 Å². The van der Waals surface area contributed by atoms with E-state index in [0.29, 0.717) is 12.2 Å². The second-order valence-corrected chi connectivity index (χ2v) is 5.77. The first kappa shape index (κ1) is 15.5. The van der Waals surface area contributed by atoms with Gasteiger partial charge in [-0.15, -0.1) is 10.2 Å². The molecule has 7 nitrogen and oxygen atoms in total. The topological polar surface area (TPSA) is 67.2 Å². The molecular weight excluding hydrogens is 292 g/mol. The molecule has 0 N–H and O–H groups in total. The maximum Gasteiger partial charge on any atom is 0.222 e. The van der Waals surface area contributed by atoms with E-state index >= 15 is 0 Å². The average Bonchev–Trinajstić information content (AvgIpc) is 3.02. The highest BCUT2D eigenvalue weighted by Crippen LogP contribution is 2.14. The Kier molecular flexibility index (Phi) is 4.55. The van der Waals surface area contributed by atoms with Gasteiger partial charge in [0.25, 0.3) is 0 Å². The van der Waals surface area contributed by atoms with E-state index in [1.54, 1.807) is 4.68 Å². The van der Waals surface area contributed by atoms with Gasteiger partial charge in [-0.25, -0.2) is 4.68 Å². The molecule has 0 unspecified atom stereocenters. The SMILES string of the molecule is CCCC(=O)N1CCN(c2ccc(-n3ccc(C)n3)nn2)CC1. The smallest absolute Gasteiger partial charge is 0.222 e. The van der Waals surface area contributed by atoms with Crippen LogP contribution < -0.4 is 4.90 Å². The highest BCUT2D eigenvalue weighted by atomic mass is 16.2. The fourth-order valence-corrected chi connectivity index (χ4v) is 2.71. The van der Waals surface area contributed by atoms with Crippen molar-refractivity contribution in [3.63, 3.8) is 0 Å². The van der Waals surface area contributed by atoms with Gasteiger partial charge >= 0.3 is 0 Å². The van der Waals surface area contributed by atoms with Gasteiger partial charge < -0.3 is 9.80 Å². The largest absolute Gasteiger partial charge is 0.352 e. The van der Waals surface area contributed by atoms with E-state index in [4.69, 9.17) is 0 Å². The number of nitrogens with zero attached hydrogens (tertiary/aromatic N) is 6. The van der Waals surface area contributed by atoms with E-state index in [-0.39, 0.29) is 5.91 Å². The number of anilines is 1. The number of hydrogen-bond acceptors (Lipinski definition) is 5. The van der Waals surface area contributed by atoms with Gasteiger partial charge in [0.2, 0.25) is 5.91 Å². The second kappa shape index (κ2) is 6.76. The first-order valence-electron chi connectivity index (χ1n) is 8.06. The van der Waals surface area contributed by atoms with Crippen LogP contribution in [0.2, 0.25) is 0 Å². The monoisotopic (exact) mass is 314 g/mol. The molecule has 0 saturated carbocycles. The molecule has 3 rings (SSSR count). The van der Waals surface area contributed by atoms with Crippen LogP contribution >= 0.6 is 0 Å². The van der Waals surface area contributed by atoms with Crippen molar-refractivity contribution in [3.8, 4) is 5.82 Å². The highest BCUT2D eigenvalue weighted by molar-refractivity contribution is 5.76. The number of aryl methyl sites for hydroxylation is 1. The average molecular weight is 314 g/mol. The molecule has 0 aromatic carbocycles. The lowest BCUT2D eigenvalue weighted by Crippen LogP contribution is -2.49. The molecule has 0 bridgehead atoms. The standard InChI is InChI=1S/C16H22N6O/c1-3-4-16(23)21-11-9-20(10-12-21)14-5-6-15(18-17-14)22-8-7-13(2)19-22/h5-8H,3-4,9-12H2,1-2H3. The number of piperazine rings is 1. The zero-order valence-electron chi connectivity index (χ0n) is 13.6. The van der Waals surface area contributed by atoms with Crippen LogP contribution in [0.3, 0.4) is 0 Å². The Balaban J connectivity index is 1.62. The number of aromatic nitrogens is 4. The molecule has 122 valence electrons. The third kappa shape index (κ3) is 3.49. The Morgan fingerprint density at radius 1 is 1.09 bits per heavy atom. The number of carbonyl (C=O) groups is 1. The Hall–Kier alpha value is -2.44. The van der Waals surface area contributed by atoms with Crippen molar-refractivity contribution in [2.45, 2.75) is 26.7 Å². The summed E-state index contributed by atoms with van der Waals surface area (Å²) in [6.07, 6.45) is 3.41. The molecule has 1 aliphatic rings. The van der Waals surface area contributed by atoms with Crippen molar-refractivity contribution in [1.82, 2.24) is 24.9 Å². The minimum absolute atomic E-state index is 0.252. The first-order valence-corrected chi connectivity index (χ1v) is 8.06. The summed E-state index contributed by atoms with van der Waals surface area (Å²) in [6, 6.07) is 5.81. The van der Waals surface area contributed by atoms with E-state index < -0.39 is 0 Å². The van der Waals surface area contributed by atoms with E-state index in [1.807, 2.05) is 43.1 Å². The van der Waals surface area contributed by atoms with Crippen molar-refractivity contribution in [3.05, 3.63) is 30.1 Å². The van der Waals surface area contributed by atoms with Crippen molar-refractivity contribution in [2.75, 3.05) is 31.1 Å². The van der Waals surface area contributed by atoms with E-state index in [1.165, 1.54) is 0 Å². The second-order valence-electron chi connectivity index (χ2n) is 5.77. The number of hydrogen-bond donors (Lipinski definition) is 0. The Labute approximate surface area is 135 Å². The van der Waals surface area contributed by atoms with Crippen LogP contribution in [0.1, 0.15) is 25.5 Å². The Morgan fingerprint density at radius 2 is 1.78 bits per heavy atom. The van der Waals surface area contributed by atoms with Gasteiger partial charge in [0, 0.05) is 38.8 Å². The molecule has 1 aliphatic heterocycles. The van der Waals surface area contributed by atoms with Gasteiger partial charge in [-0.1, -0.05) is 6.92 Å². The van der Waals surface area contributed by atoms with E-state index in [0.717, 1.165) is 44.1 Å². The molecular formula is C16H22N6O. The maximum atomic E-state index is 11.9. The van der Waals surface area contributed by atoms with Gasteiger partial charge in [0.05, 0.1) is 5.69 Å². The van der Waals surface area contributed by atoms with E-state index in [2.05, 4.69) is 20.2 Å². The van der Waals surface area contributed by atoms with Crippen LogP contribution in [0.4, 0.5) is 5.82 Å². The van der Waals surface area contributed by atoms with Gasteiger partial charge in [0.1, 0.15) is 0 Å². The number of amides is 1. The van der Waals surface area contributed by atoms with Crippen molar-refractivity contribution >= 4 is 11.7 Å². The van der Waals surface area contributed by atoms with Crippen molar-refractivity contribution < 1.29 is 4.79 Å². The molecule has 0 aliphatic carbocycles. The molecule has 0 atom stereocenters. The fourth-order valence-electron chi connectivity index (χ4n) is 2.71. The zero-order valence-corrected chi connectivity index (χ0v) is 13.6. The molecule has 0 spiro atoms. The van der Waals surface area contributed by atoms with E-state index in [9.17, 15) is 4.79 Å². The predicted molar refractivity (Wildman–Crippen MR) is 87.6 cm³/mol. The number of carbonyl (C=O) groups excluding carboxylic acids is 1. The Morgan fingerprint density at radius 3 is 2.35 bits per heavy atom. The fraction of sp³-hybridized carbons (Fsp3) is 0.500. The molecule has 2 aromatic rings. The first-order chi connectivity index (χ1) is 11.2. The molecule has 1 amide bonds. The predicted octanol–water partition coefficient (Wildman–Crippen LogP) is 1.42. The van der Waals surface area contributed by atoms with Crippen molar-refractivity contribution in [1.29, 1.82) is 0 Å². The minimum atomic E-state index is 0.252. The summed E-state index contributed by atoms with van der Waals surface area (Å²) in [4.78, 5) is 16.0. The quantitative estimate of drug-likeness (QED) is 0.854. The summed E-state index contributed by atoms with van der Waals surface area (Å²) >= 11 is 0. The molecule has 23 heavy (non-hydrogen) atoms. The number of rotatable bonds is 4. The molecule has 0 radical (unpaired) electrons. The normalized spacial score (nSPS) is 15.0. The maximum absolute atomic E-state index is 11.9. The zero-order chi connectivity index (χ0) is 16.2. The molecule has 2 aromatic heterocycles. The van der Waals surface area contributed by atoms with Gasteiger partial charge in [-0.2, -0.15) is 5.10 Å².